The fourth-order valence-corrected chi connectivity index (χ4v) is 4.79. The van der Waals surface area contributed by atoms with E-state index >= 15 is 0 Å². The van der Waals surface area contributed by atoms with Crippen LogP contribution in [0, 0.1) is 0 Å². The van der Waals surface area contributed by atoms with E-state index in [1.54, 1.807) is 18.4 Å². The Hall–Kier alpha value is -2.84. The number of thiophene rings is 1. The Morgan fingerprint density at radius 1 is 1.17 bits per heavy atom. The lowest BCUT2D eigenvalue weighted by atomic mass is 10.1. The zero-order valence-electron chi connectivity index (χ0n) is 16.3. The van der Waals surface area contributed by atoms with E-state index in [0.29, 0.717) is 12.4 Å². The van der Waals surface area contributed by atoms with E-state index in [2.05, 4.69) is 49.7 Å². The van der Waals surface area contributed by atoms with Crippen molar-refractivity contribution in [3.8, 4) is 11.1 Å². The molecule has 0 saturated carbocycles. The molecule has 1 N–H and O–H groups in total. The number of ether oxygens (including phenoxy) is 1. The van der Waals surface area contributed by atoms with Gasteiger partial charge in [0.05, 0.1) is 5.39 Å². The van der Waals surface area contributed by atoms with Gasteiger partial charge in [-0.1, -0.05) is 30.3 Å². The molecule has 8 heteroatoms. The quantitative estimate of drug-likeness (QED) is 0.504. The van der Waals surface area contributed by atoms with Crippen LogP contribution in [0.3, 0.4) is 0 Å². The van der Waals surface area contributed by atoms with E-state index in [1.165, 1.54) is 5.56 Å². The molecule has 0 radical (unpaired) electrons. The van der Waals surface area contributed by atoms with Gasteiger partial charge in [0.15, 0.2) is 5.82 Å². The first-order valence-electron chi connectivity index (χ1n) is 9.81. The molecular weight excluding hydrogens is 384 g/mol. The first-order chi connectivity index (χ1) is 14.3. The minimum atomic E-state index is 0.390. The molecule has 1 aliphatic rings. The van der Waals surface area contributed by atoms with Crippen molar-refractivity contribution in [1.82, 2.24) is 24.7 Å². The van der Waals surface area contributed by atoms with E-state index < -0.39 is 0 Å². The average Bonchev–Trinajstić information content (AvgIpc) is 3.45. The van der Waals surface area contributed by atoms with Crippen LogP contribution in [0.15, 0.2) is 35.7 Å². The first-order valence-corrected chi connectivity index (χ1v) is 10.7. The highest BCUT2D eigenvalue weighted by atomic mass is 32.1. The Morgan fingerprint density at radius 3 is 2.93 bits per heavy atom. The Balaban J connectivity index is 1.46. The lowest BCUT2D eigenvalue weighted by Crippen LogP contribution is -2.12. The van der Waals surface area contributed by atoms with Crippen molar-refractivity contribution >= 4 is 27.4 Å². The van der Waals surface area contributed by atoms with Gasteiger partial charge in [0.1, 0.15) is 28.9 Å². The number of rotatable bonds is 7. The fourth-order valence-electron chi connectivity index (χ4n) is 3.83. The standard InChI is InChI=1S/C21H22N6OS/c1-28-12-16-23-20(22-10-9-18-26-25-17-8-5-11-27(17)18)19-15(13-29-21(19)24-16)14-6-3-2-4-7-14/h2-4,6-7,13H,5,8-12H2,1H3,(H,22,23,24). The summed E-state index contributed by atoms with van der Waals surface area (Å²) in [4.78, 5) is 10.4. The van der Waals surface area contributed by atoms with Crippen molar-refractivity contribution in [2.24, 2.45) is 0 Å². The average molecular weight is 407 g/mol. The molecule has 3 aromatic heterocycles. The molecule has 29 heavy (non-hydrogen) atoms. The number of methoxy groups -OCH3 is 1. The van der Waals surface area contributed by atoms with Crippen LogP contribution in [0.4, 0.5) is 5.82 Å². The molecule has 0 spiro atoms. The summed E-state index contributed by atoms with van der Waals surface area (Å²) in [5.74, 6) is 3.69. The number of anilines is 1. The third-order valence-electron chi connectivity index (χ3n) is 5.17. The number of benzene rings is 1. The van der Waals surface area contributed by atoms with Crippen molar-refractivity contribution in [2.75, 3.05) is 19.0 Å². The largest absolute Gasteiger partial charge is 0.377 e. The predicted molar refractivity (Wildman–Crippen MR) is 114 cm³/mol. The molecule has 148 valence electrons. The van der Waals surface area contributed by atoms with Crippen LogP contribution in [-0.2, 0) is 30.7 Å². The summed E-state index contributed by atoms with van der Waals surface area (Å²) in [6, 6.07) is 10.4. The van der Waals surface area contributed by atoms with Crippen molar-refractivity contribution in [3.05, 3.63) is 53.2 Å². The van der Waals surface area contributed by atoms with Crippen LogP contribution in [0.1, 0.15) is 23.9 Å². The molecule has 0 aliphatic carbocycles. The van der Waals surface area contributed by atoms with Gasteiger partial charge < -0.3 is 14.6 Å². The van der Waals surface area contributed by atoms with Crippen LogP contribution >= 0.6 is 11.3 Å². The molecule has 7 nitrogen and oxygen atoms in total. The summed E-state index contributed by atoms with van der Waals surface area (Å²) in [5, 5.41) is 15.4. The van der Waals surface area contributed by atoms with Crippen LogP contribution in [-0.4, -0.2) is 38.4 Å². The van der Waals surface area contributed by atoms with Gasteiger partial charge in [-0.05, 0) is 12.0 Å². The molecule has 4 aromatic rings. The summed E-state index contributed by atoms with van der Waals surface area (Å²) >= 11 is 1.64. The number of fused-ring (bicyclic) bond motifs is 2. The third-order valence-corrected chi connectivity index (χ3v) is 6.04. The predicted octanol–water partition coefficient (Wildman–Crippen LogP) is 3.70. The van der Waals surface area contributed by atoms with Gasteiger partial charge in [0, 0.05) is 44.0 Å². The topological polar surface area (TPSA) is 77.8 Å². The fraction of sp³-hybridized carbons (Fsp3) is 0.333. The summed E-state index contributed by atoms with van der Waals surface area (Å²) in [6.07, 6.45) is 3.00. The Kier molecular flexibility index (Phi) is 4.95. The second-order valence-electron chi connectivity index (χ2n) is 7.08. The highest BCUT2D eigenvalue weighted by Crippen LogP contribution is 2.37. The molecule has 0 bridgehead atoms. The van der Waals surface area contributed by atoms with Gasteiger partial charge in [-0.2, -0.15) is 0 Å². The smallest absolute Gasteiger partial charge is 0.158 e. The Labute approximate surface area is 172 Å². The van der Waals surface area contributed by atoms with E-state index in [4.69, 9.17) is 14.7 Å². The van der Waals surface area contributed by atoms with E-state index in [1.807, 2.05) is 6.07 Å². The molecule has 1 aliphatic heterocycles. The molecule has 0 fully saturated rings. The number of hydrogen-bond donors (Lipinski definition) is 1. The van der Waals surface area contributed by atoms with Gasteiger partial charge in [0.2, 0.25) is 0 Å². The lowest BCUT2D eigenvalue weighted by Gasteiger charge is -2.11. The Bertz CT molecular complexity index is 1140. The van der Waals surface area contributed by atoms with Crippen molar-refractivity contribution in [3.63, 3.8) is 0 Å². The monoisotopic (exact) mass is 406 g/mol. The van der Waals surface area contributed by atoms with Gasteiger partial charge in [-0.3, -0.25) is 0 Å². The lowest BCUT2D eigenvalue weighted by molar-refractivity contribution is 0.178. The summed E-state index contributed by atoms with van der Waals surface area (Å²) in [7, 11) is 1.66. The maximum absolute atomic E-state index is 5.27. The maximum Gasteiger partial charge on any atom is 0.158 e. The second kappa shape index (κ2) is 7.88. The highest BCUT2D eigenvalue weighted by Gasteiger charge is 2.18. The van der Waals surface area contributed by atoms with Crippen LogP contribution < -0.4 is 5.32 Å². The zero-order valence-corrected chi connectivity index (χ0v) is 17.1. The minimum absolute atomic E-state index is 0.390. The van der Waals surface area contributed by atoms with E-state index in [-0.39, 0.29) is 0 Å². The van der Waals surface area contributed by atoms with Crippen LogP contribution in [0.5, 0.6) is 0 Å². The molecule has 1 aromatic carbocycles. The third kappa shape index (κ3) is 3.49. The maximum atomic E-state index is 5.27. The SMILES string of the molecule is COCc1nc(NCCc2nnc3n2CCC3)c2c(-c3ccccc3)csc2n1. The van der Waals surface area contributed by atoms with Crippen molar-refractivity contribution in [2.45, 2.75) is 32.4 Å². The molecule has 0 atom stereocenters. The summed E-state index contributed by atoms with van der Waals surface area (Å²) < 4.78 is 7.51. The number of nitrogens with zero attached hydrogens (tertiary/aromatic N) is 5. The molecular formula is C21H22N6OS. The van der Waals surface area contributed by atoms with Gasteiger partial charge in [0.25, 0.3) is 0 Å². The van der Waals surface area contributed by atoms with Gasteiger partial charge in [-0.15, -0.1) is 21.5 Å². The number of aromatic nitrogens is 5. The van der Waals surface area contributed by atoms with Crippen molar-refractivity contribution in [1.29, 1.82) is 0 Å². The van der Waals surface area contributed by atoms with Gasteiger partial charge >= 0.3 is 0 Å². The second-order valence-corrected chi connectivity index (χ2v) is 7.94. The van der Waals surface area contributed by atoms with Gasteiger partial charge in [-0.25, -0.2) is 9.97 Å². The first kappa shape index (κ1) is 18.2. The normalized spacial score (nSPS) is 13.1. The zero-order chi connectivity index (χ0) is 19.6. The number of hydrogen-bond acceptors (Lipinski definition) is 7. The molecule has 0 unspecified atom stereocenters. The van der Waals surface area contributed by atoms with Crippen LogP contribution in [0.25, 0.3) is 21.3 Å². The molecule has 0 amide bonds. The molecule has 0 saturated heterocycles. The summed E-state index contributed by atoms with van der Waals surface area (Å²) in [5.41, 5.74) is 2.32. The number of aryl methyl sites for hydroxylation is 1. The van der Waals surface area contributed by atoms with Crippen molar-refractivity contribution < 1.29 is 4.74 Å². The van der Waals surface area contributed by atoms with E-state index in [0.717, 1.165) is 65.6 Å². The molecule has 4 heterocycles. The highest BCUT2D eigenvalue weighted by molar-refractivity contribution is 7.17. The number of nitrogens with one attached hydrogen (secondary N) is 1. The minimum Gasteiger partial charge on any atom is -0.377 e. The summed E-state index contributed by atoms with van der Waals surface area (Å²) in [6.45, 7) is 2.15. The van der Waals surface area contributed by atoms with E-state index in [9.17, 15) is 0 Å². The Morgan fingerprint density at radius 2 is 2.07 bits per heavy atom. The van der Waals surface area contributed by atoms with Crippen LogP contribution in [0.2, 0.25) is 0 Å². The molecule has 5 rings (SSSR count).